The summed E-state index contributed by atoms with van der Waals surface area (Å²) in [6.45, 7) is 3.89. The lowest BCUT2D eigenvalue weighted by Gasteiger charge is -2.04. The molecule has 0 saturated heterocycles. The molecule has 100 valence electrons. The molecule has 0 fully saturated rings. The fourth-order valence-electron chi connectivity index (χ4n) is 2.26. The van der Waals surface area contributed by atoms with Gasteiger partial charge in [0.1, 0.15) is 11.5 Å². The van der Waals surface area contributed by atoms with Crippen molar-refractivity contribution in [1.29, 1.82) is 0 Å². The van der Waals surface area contributed by atoms with E-state index in [0.717, 1.165) is 33.9 Å². The Labute approximate surface area is 116 Å². The predicted octanol–water partition coefficient (Wildman–Crippen LogP) is 3.89. The fourth-order valence-corrected chi connectivity index (χ4v) is 2.26. The minimum atomic E-state index is -0.245. The summed E-state index contributed by atoms with van der Waals surface area (Å²) in [5.41, 5.74) is 5.37. The van der Waals surface area contributed by atoms with Gasteiger partial charge in [-0.3, -0.25) is 10.1 Å². The predicted molar refractivity (Wildman–Crippen MR) is 76.7 cm³/mol. The van der Waals surface area contributed by atoms with Crippen molar-refractivity contribution >= 4 is 0 Å². The number of aryl methyl sites for hydroxylation is 2. The molecule has 0 atom stereocenters. The SMILES string of the molecule is Cc1cccc(-c2n[nH]c(C)c2-c2ccc(F)cc2)n1. The molecule has 0 spiro atoms. The van der Waals surface area contributed by atoms with Crippen LogP contribution in [0.5, 0.6) is 0 Å². The molecule has 0 aliphatic heterocycles. The molecule has 0 amide bonds. The highest BCUT2D eigenvalue weighted by Crippen LogP contribution is 2.32. The van der Waals surface area contributed by atoms with Gasteiger partial charge in [0.05, 0.1) is 5.69 Å². The molecule has 0 radical (unpaired) electrons. The molecule has 4 heteroatoms. The summed E-state index contributed by atoms with van der Waals surface area (Å²) >= 11 is 0. The molecule has 0 aliphatic carbocycles. The van der Waals surface area contributed by atoms with Gasteiger partial charge in [-0.25, -0.2) is 4.39 Å². The molecule has 1 N–H and O–H groups in total. The second-order valence-corrected chi connectivity index (χ2v) is 4.74. The molecule has 3 nitrogen and oxygen atoms in total. The van der Waals surface area contributed by atoms with Crippen LogP contribution in [-0.2, 0) is 0 Å². The maximum absolute atomic E-state index is 13.1. The van der Waals surface area contributed by atoms with Crippen molar-refractivity contribution in [1.82, 2.24) is 15.2 Å². The number of halogens is 1. The quantitative estimate of drug-likeness (QED) is 0.765. The molecule has 0 bridgehead atoms. The molecule has 3 aromatic rings. The van der Waals surface area contributed by atoms with Gasteiger partial charge in [-0.15, -0.1) is 0 Å². The smallest absolute Gasteiger partial charge is 0.123 e. The monoisotopic (exact) mass is 267 g/mol. The molecule has 0 aliphatic rings. The van der Waals surface area contributed by atoms with E-state index >= 15 is 0 Å². The number of nitrogens with one attached hydrogen (secondary N) is 1. The number of aromatic amines is 1. The van der Waals surface area contributed by atoms with Crippen molar-refractivity contribution in [2.75, 3.05) is 0 Å². The topological polar surface area (TPSA) is 41.6 Å². The summed E-state index contributed by atoms with van der Waals surface area (Å²) in [5.74, 6) is -0.245. The van der Waals surface area contributed by atoms with Crippen molar-refractivity contribution in [3.63, 3.8) is 0 Å². The average Bonchev–Trinajstić information content (AvgIpc) is 2.82. The maximum atomic E-state index is 13.1. The number of H-pyrrole nitrogens is 1. The Morgan fingerprint density at radius 1 is 1.00 bits per heavy atom. The van der Waals surface area contributed by atoms with Crippen LogP contribution in [0.15, 0.2) is 42.5 Å². The Kier molecular flexibility index (Phi) is 3.06. The van der Waals surface area contributed by atoms with Crippen molar-refractivity contribution < 1.29 is 4.39 Å². The van der Waals surface area contributed by atoms with Crippen molar-refractivity contribution in [3.8, 4) is 22.5 Å². The number of benzene rings is 1. The lowest BCUT2D eigenvalue weighted by Crippen LogP contribution is -1.89. The van der Waals surface area contributed by atoms with E-state index in [2.05, 4.69) is 15.2 Å². The highest BCUT2D eigenvalue weighted by atomic mass is 19.1. The molecule has 20 heavy (non-hydrogen) atoms. The molecule has 2 aromatic heterocycles. The highest BCUT2D eigenvalue weighted by molar-refractivity contribution is 5.81. The summed E-state index contributed by atoms with van der Waals surface area (Å²) in [4.78, 5) is 4.50. The van der Waals surface area contributed by atoms with Gasteiger partial charge in [-0.1, -0.05) is 18.2 Å². The van der Waals surface area contributed by atoms with Gasteiger partial charge < -0.3 is 0 Å². The van der Waals surface area contributed by atoms with Gasteiger partial charge in [0.25, 0.3) is 0 Å². The first-order valence-electron chi connectivity index (χ1n) is 6.40. The minimum Gasteiger partial charge on any atom is -0.282 e. The third kappa shape index (κ3) is 2.20. The summed E-state index contributed by atoms with van der Waals surface area (Å²) < 4.78 is 13.1. The standard InChI is InChI=1S/C16H14FN3/c1-10-4-3-5-14(18-10)16-15(11(2)19-20-16)12-6-8-13(17)9-7-12/h3-9H,1-2H3,(H,19,20). The first-order valence-corrected chi connectivity index (χ1v) is 6.40. The zero-order valence-corrected chi connectivity index (χ0v) is 11.3. The molecule has 2 heterocycles. The summed E-state index contributed by atoms with van der Waals surface area (Å²) in [7, 11) is 0. The second kappa shape index (κ2) is 4.89. The Morgan fingerprint density at radius 2 is 1.75 bits per heavy atom. The van der Waals surface area contributed by atoms with Crippen LogP contribution >= 0.6 is 0 Å². The first-order chi connectivity index (χ1) is 9.65. The van der Waals surface area contributed by atoms with Crippen LogP contribution in [0.25, 0.3) is 22.5 Å². The van der Waals surface area contributed by atoms with Gasteiger partial charge in [0.15, 0.2) is 0 Å². The van der Waals surface area contributed by atoms with E-state index in [4.69, 9.17) is 0 Å². The minimum absolute atomic E-state index is 0.245. The Hall–Kier alpha value is -2.49. The summed E-state index contributed by atoms with van der Waals surface area (Å²) in [6, 6.07) is 12.2. The van der Waals surface area contributed by atoms with Crippen LogP contribution in [0.1, 0.15) is 11.4 Å². The Balaban J connectivity index is 2.17. The number of rotatable bonds is 2. The van der Waals surface area contributed by atoms with Crippen LogP contribution in [-0.4, -0.2) is 15.2 Å². The Bertz CT molecular complexity index is 745. The van der Waals surface area contributed by atoms with Gasteiger partial charge in [0.2, 0.25) is 0 Å². The van der Waals surface area contributed by atoms with Gasteiger partial charge in [-0.2, -0.15) is 5.10 Å². The van der Waals surface area contributed by atoms with E-state index in [-0.39, 0.29) is 5.82 Å². The van der Waals surface area contributed by atoms with Crippen LogP contribution in [0.2, 0.25) is 0 Å². The third-order valence-electron chi connectivity index (χ3n) is 3.21. The van der Waals surface area contributed by atoms with E-state index in [1.54, 1.807) is 12.1 Å². The van der Waals surface area contributed by atoms with Crippen molar-refractivity contribution in [3.05, 3.63) is 59.7 Å². The third-order valence-corrected chi connectivity index (χ3v) is 3.21. The second-order valence-electron chi connectivity index (χ2n) is 4.74. The first kappa shape index (κ1) is 12.5. The van der Waals surface area contributed by atoms with E-state index in [1.807, 2.05) is 32.0 Å². The van der Waals surface area contributed by atoms with E-state index in [1.165, 1.54) is 12.1 Å². The fraction of sp³-hybridized carbons (Fsp3) is 0.125. The molecule has 3 rings (SSSR count). The molecule has 0 unspecified atom stereocenters. The molecule has 1 aromatic carbocycles. The van der Waals surface area contributed by atoms with Crippen LogP contribution < -0.4 is 0 Å². The highest BCUT2D eigenvalue weighted by Gasteiger charge is 2.15. The average molecular weight is 267 g/mol. The molecular formula is C16H14FN3. The normalized spacial score (nSPS) is 10.8. The molecular weight excluding hydrogens is 253 g/mol. The molecule has 0 saturated carbocycles. The number of aromatic nitrogens is 3. The summed E-state index contributed by atoms with van der Waals surface area (Å²) in [5, 5.41) is 7.33. The van der Waals surface area contributed by atoms with Crippen LogP contribution in [0, 0.1) is 19.7 Å². The zero-order valence-electron chi connectivity index (χ0n) is 11.3. The van der Waals surface area contributed by atoms with Gasteiger partial charge in [-0.05, 0) is 43.7 Å². The van der Waals surface area contributed by atoms with Gasteiger partial charge >= 0.3 is 0 Å². The number of nitrogens with zero attached hydrogens (tertiary/aromatic N) is 2. The van der Waals surface area contributed by atoms with E-state index in [9.17, 15) is 4.39 Å². The maximum Gasteiger partial charge on any atom is 0.123 e. The van der Waals surface area contributed by atoms with Crippen LogP contribution in [0.4, 0.5) is 4.39 Å². The lowest BCUT2D eigenvalue weighted by molar-refractivity contribution is 0.628. The summed E-state index contributed by atoms with van der Waals surface area (Å²) in [6.07, 6.45) is 0. The number of pyridine rings is 1. The van der Waals surface area contributed by atoms with Crippen molar-refractivity contribution in [2.45, 2.75) is 13.8 Å². The Morgan fingerprint density at radius 3 is 2.45 bits per heavy atom. The lowest BCUT2D eigenvalue weighted by atomic mass is 10.0. The van der Waals surface area contributed by atoms with Gasteiger partial charge in [0, 0.05) is 17.0 Å². The zero-order chi connectivity index (χ0) is 14.1. The largest absolute Gasteiger partial charge is 0.282 e. The number of hydrogen-bond acceptors (Lipinski definition) is 2. The van der Waals surface area contributed by atoms with E-state index in [0.29, 0.717) is 0 Å². The van der Waals surface area contributed by atoms with Crippen LogP contribution in [0.3, 0.4) is 0 Å². The number of hydrogen-bond donors (Lipinski definition) is 1. The van der Waals surface area contributed by atoms with Crippen molar-refractivity contribution in [2.24, 2.45) is 0 Å². The van der Waals surface area contributed by atoms with E-state index < -0.39 is 0 Å².